The molecule has 5 heteroatoms. The van der Waals surface area contributed by atoms with Crippen LogP contribution in [0.15, 0.2) is 66.2 Å². The van der Waals surface area contributed by atoms with Gasteiger partial charge in [0.05, 0.1) is 0 Å². The third kappa shape index (κ3) is 6.57. The Labute approximate surface area is 175 Å². The van der Waals surface area contributed by atoms with E-state index in [9.17, 15) is 4.70 Å². The molecule has 0 saturated carbocycles. The molecule has 1 aliphatic rings. The summed E-state index contributed by atoms with van der Waals surface area (Å²) in [5.41, 5.74) is 3.73. The van der Waals surface area contributed by atoms with Crippen molar-refractivity contribution in [2.45, 2.75) is 39.3 Å². The number of hydrogen-bond donors (Lipinski definition) is 0. The Morgan fingerprint density at radius 2 is 1.79 bits per heavy atom. The van der Waals surface area contributed by atoms with Crippen LogP contribution in [-0.4, -0.2) is 44.2 Å². The summed E-state index contributed by atoms with van der Waals surface area (Å²) in [6, 6.07) is 19.2. The van der Waals surface area contributed by atoms with Crippen molar-refractivity contribution in [1.82, 2.24) is 4.90 Å². The van der Waals surface area contributed by atoms with E-state index in [1.165, 1.54) is 16.8 Å². The Morgan fingerprint density at radius 3 is 2.41 bits per heavy atom. The SMILES string of the molecule is CC(C)=CCN(c1ccc(OCc2ccccc2)cc1)C1CCN(CB=O)CC1. The Balaban J connectivity index is 1.65. The Kier molecular flexibility index (Phi) is 8.06. The molecular weight excluding hydrogens is 359 g/mol. The van der Waals surface area contributed by atoms with Crippen molar-refractivity contribution >= 4 is 12.8 Å². The van der Waals surface area contributed by atoms with Crippen LogP contribution in [0, 0.1) is 0 Å². The van der Waals surface area contributed by atoms with Gasteiger partial charge in [-0.2, -0.15) is 0 Å². The minimum absolute atomic E-state index is 0.490. The summed E-state index contributed by atoms with van der Waals surface area (Å²) in [6.07, 6.45) is 5.00. The van der Waals surface area contributed by atoms with E-state index < -0.39 is 0 Å². The average molecular weight is 390 g/mol. The number of allylic oxidation sites excluding steroid dienone is 1. The molecule has 0 amide bonds. The number of likely N-dealkylation sites (tertiary alicyclic amines) is 1. The molecule has 29 heavy (non-hydrogen) atoms. The van der Waals surface area contributed by atoms with Crippen molar-refractivity contribution in [3.63, 3.8) is 0 Å². The van der Waals surface area contributed by atoms with Crippen LogP contribution < -0.4 is 9.64 Å². The van der Waals surface area contributed by atoms with Gasteiger partial charge in [-0.3, -0.25) is 0 Å². The van der Waals surface area contributed by atoms with Crippen molar-refractivity contribution in [3.05, 3.63) is 71.8 Å². The molecule has 0 N–H and O–H groups in total. The molecule has 0 aliphatic carbocycles. The van der Waals surface area contributed by atoms with Crippen LogP contribution in [-0.2, 0) is 11.3 Å². The quantitative estimate of drug-likeness (QED) is 0.466. The fraction of sp³-hybridized carbons (Fsp3) is 0.417. The van der Waals surface area contributed by atoms with Crippen LogP contribution in [0.2, 0.25) is 0 Å². The maximum atomic E-state index is 10.8. The Morgan fingerprint density at radius 1 is 1.10 bits per heavy atom. The predicted molar refractivity (Wildman–Crippen MR) is 120 cm³/mol. The summed E-state index contributed by atoms with van der Waals surface area (Å²) in [5.74, 6) is 0.889. The van der Waals surface area contributed by atoms with Crippen molar-refractivity contribution in [2.75, 3.05) is 31.0 Å². The van der Waals surface area contributed by atoms with Crippen LogP contribution in [0.3, 0.4) is 0 Å². The van der Waals surface area contributed by atoms with Gasteiger partial charge < -0.3 is 0 Å². The molecular formula is C24H31BN2O2. The fourth-order valence-electron chi connectivity index (χ4n) is 3.74. The summed E-state index contributed by atoms with van der Waals surface area (Å²) in [4.78, 5) is 4.73. The molecule has 2 aromatic carbocycles. The van der Waals surface area contributed by atoms with Gasteiger partial charge in [0.2, 0.25) is 0 Å². The zero-order valence-electron chi connectivity index (χ0n) is 17.6. The van der Waals surface area contributed by atoms with Crippen molar-refractivity contribution in [1.29, 1.82) is 0 Å². The third-order valence-electron chi connectivity index (χ3n) is 5.44. The fourth-order valence-corrected chi connectivity index (χ4v) is 3.74. The van der Waals surface area contributed by atoms with Crippen molar-refractivity contribution in [2.24, 2.45) is 0 Å². The number of piperidine rings is 1. The first-order valence-corrected chi connectivity index (χ1v) is 10.5. The second kappa shape index (κ2) is 11.0. The van der Waals surface area contributed by atoms with Gasteiger partial charge >= 0.3 is 139 Å². The van der Waals surface area contributed by atoms with E-state index in [-0.39, 0.29) is 0 Å². The molecule has 0 radical (unpaired) electrons. The first kappa shape index (κ1) is 21.3. The van der Waals surface area contributed by atoms with E-state index in [0.717, 1.165) is 45.4 Å². The molecule has 3 rings (SSSR count). The molecule has 4 nitrogen and oxygen atoms in total. The van der Waals surface area contributed by atoms with Crippen LogP contribution in [0.25, 0.3) is 0 Å². The van der Waals surface area contributed by atoms with Gasteiger partial charge in [0.1, 0.15) is 0 Å². The molecule has 1 aliphatic heterocycles. The van der Waals surface area contributed by atoms with E-state index in [2.05, 4.69) is 66.1 Å². The van der Waals surface area contributed by atoms with E-state index in [1.807, 2.05) is 18.2 Å². The van der Waals surface area contributed by atoms with Gasteiger partial charge in [0, 0.05) is 0 Å². The first-order valence-electron chi connectivity index (χ1n) is 10.5. The van der Waals surface area contributed by atoms with E-state index in [1.54, 1.807) is 0 Å². The second-order valence-electron chi connectivity index (χ2n) is 7.90. The first-order chi connectivity index (χ1) is 14.2. The molecule has 152 valence electrons. The third-order valence-corrected chi connectivity index (χ3v) is 5.44. The molecule has 1 fully saturated rings. The van der Waals surface area contributed by atoms with Gasteiger partial charge in [-0.1, -0.05) is 30.3 Å². The second-order valence-corrected chi connectivity index (χ2v) is 7.90. The van der Waals surface area contributed by atoms with Crippen molar-refractivity contribution in [3.8, 4) is 5.75 Å². The Bertz CT molecular complexity index is 780. The number of hydrogen-bond acceptors (Lipinski definition) is 4. The van der Waals surface area contributed by atoms with Crippen molar-refractivity contribution < 1.29 is 9.44 Å². The summed E-state index contributed by atoms with van der Waals surface area (Å²) < 4.78 is 16.7. The Hall–Kier alpha value is -2.40. The van der Waals surface area contributed by atoms with Gasteiger partial charge in [-0.15, -0.1) is 0 Å². The van der Waals surface area contributed by atoms with E-state index in [0.29, 0.717) is 19.1 Å². The normalized spacial score (nSPS) is 14.8. The van der Waals surface area contributed by atoms with Gasteiger partial charge in [-0.25, -0.2) is 0 Å². The molecule has 0 unspecified atom stereocenters. The zero-order chi connectivity index (χ0) is 20.5. The minimum atomic E-state index is 0.490. The number of anilines is 1. The number of nitrogens with zero attached hydrogens (tertiary/aromatic N) is 2. The molecule has 1 heterocycles. The van der Waals surface area contributed by atoms with Crippen LogP contribution in [0.1, 0.15) is 32.3 Å². The van der Waals surface area contributed by atoms with Crippen LogP contribution >= 0.6 is 0 Å². The van der Waals surface area contributed by atoms with Gasteiger partial charge in [0.15, 0.2) is 0 Å². The summed E-state index contributed by atoms with van der Waals surface area (Å²) in [6.45, 7) is 7.73. The molecule has 0 aromatic heterocycles. The molecule has 0 spiro atoms. The monoisotopic (exact) mass is 390 g/mol. The molecule has 1 saturated heterocycles. The van der Waals surface area contributed by atoms with Crippen LogP contribution in [0.5, 0.6) is 5.75 Å². The maximum absolute atomic E-state index is 10.8. The zero-order valence-corrected chi connectivity index (χ0v) is 17.6. The standard InChI is InChI=1S/C24H31BN2O2/c1-20(2)12-17-27(23-13-15-26(16-14-23)19-25-28)22-8-10-24(11-9-22)29-18-21-6-4-3-5-7-21/h3-12,23H,13-19H2,1-2H3. The topological polar surface area (TPSA) is 32.8 Å². The molecule has 0 bridgehead atoms. The number of benzene rings is 2. The summed E-state index contributed by atoms with van der Waals surface area (Å²) in [5, 5.41) is 0. The summed E-state index contributed by atoms with van der Waals surface area (Å²) >= 11 is 0. The van der Waals surface area contributed by atoms with E-state index in [4.69, 9.17) is 4.74 Å². The summed E-state index contributed by atoms with van der Waals surface area (Å²) in [7, 11) is 1.01. The average Bonchev–Trinajstić information content (AvgIpc) is 2.75. The molecule has 2 aromatic rings. The van der Waals surface area contributed by atoms with Crippen LogP contribution in [0.4, 0.5) is 5.69 Å². The number of ether oxygens (including phenoxy) is 1. The molecule has 0 atom stereocenters. The van der Waals surface area contributed by atoms with Gasteiger partial charge in [-0.05, 0) is 5.56 Å². The predicted octanol–water partition coefficient (Wildman–Crippen LogP) is 4.51. The number of rotatable bonds is 9. The van der Waals surface area contributed by atoms with Gasteiger partial charge in [0.25, 0.3) is 0 Å². The van der Waals surface area contributed by atoms with E-state index >= 15 is 0 Å².